The molecular formula is C18H24N4O4. The Labute approximate surface area is 152 Å². The van der Waals surface area contributed by atoms with E-state index in [4.69, 9.17) is 0 Å². The Kier molecular flexibility index (Phi) is 5.39. The Bertz CT molecular complexity index is 715. The quantitative estimate of drug-likeness (QED) is 0.607. The van der Waals surface area contributed by atoms with Gasteiger partial charge in [-0.1, -0.05) is 0 Å². The number of rotatable bonds is 3. The third-order valence-corrected chi connectivity index (χ3v) is 5.10. The van der Waals surface area contributed by atoms with E-state index in [0.717, 1.165) is 31.6 Å². The summed E-state index contributed by atoms with van der Waals surface area (Å²) in [6.07, 6.45) is 2.82. The van der Waals surface area contributed by atoms with Crippen LogP contribution in [0.3, 0.4) is 0 Å². The third-order valence-electron chi connectivity index (χ3n) is 5.10. The van der Waals surface area contributed by atoms with E-state index in [1.807, 2.05) is 0 Å². The van der Waals surface area contributed by atoms with Crippen LogP contribution in [0.5, 0.6) is 0 Å². The molecule has 0 N–H and O–H groups in total. The average molecular weight is 360 g/mol. The van der Waals surface area contributed by atoms with Crippen molar-refractivity contribution < 1.29 is 14.5 Å². The van der Waals surface area contributed by atoms with Crippen LogP contribution in [-0.2, 0) is 4.79 Å². The predicted molar refractivity (Wildman–Crippen MR) is 97.3 cm³/mol. The molecule has 2 saturated heterocycles. The van der Waals surface area contributed by atoms with E-state index in [-0.39, 0.29) is 17.5 Å². The standard InChI is InChI=1S/C18H24N4O4/c1-14(23)19-9-4-10-21(12-11-19)18(24)16-13-15(22(25)26)5-6-17(16)20-7-2-3-8-20/h5-6,13H,2-4,7-12H2,1H3. The second-order valence-electron chi connectivity index (χ2n) is 6.80. The summed E-state index contributed by atoms with van der Waals surface area (Å²) in [5, 5.41) is 11.2. The number of amides is 2. The molecule has 0 spiro atoms. The zero-order chi connectivity index (χ0) is 18.7. The van der Waals surface area contributed by atoms with Crippen molar-refractivity contribution in [3.63, 3.8) is 0 Å². The first-order valence-electron chi connectivity index (χ1n) is 9.05. The number of carbonyl (C=O) groups excluding carboxylic acids is 2. The van der Waals surface area contributed by atoms with Crippen LogP contribution in [0.1, 0.15) is 36.5 Å². The lowest BCUT2D eigenvalue weighted by Crippen LogP contribution is -2.37. The second kappa shape index (κ2) is 7.72. The fourth-order valence-electron chi connectivity index (χ4n) is 3.65. The Morgan fingerprint density at radius 3 is 2.27 bits per heavy atom. The Balaban J connectivity index is 1.88. The van der Waals surface area contributed by atoms with E-state index in [1.54, 1.807) is 15.9 Å². The fourth-order valence-corrected chi connectivity index (χ4v) is 3.65. The van der Waals surface area contributed by atoms with Crippen LogP contribution in [-0.4, -0.2) is 65.8 Å². The smallest absolute Gasteiger partial charge is 0.270 e. The van der Waals surface area contributed by atoms with Crippen LogP contribution in [0.15, 0.2) is 18.2 Å². The molecule has 2 amide bonds. The van der Waals surface area contributed by atoms with Crippen LogP contribution < -0.4 is 4.90 Å². The zero-order valence-corrected chi connectivity index (χ0v) is 15.0. The Morgan fingerprint density at radius 2 is 1.62 bits per heavy atom. The van der Waals surface area contributed by atoms with Gasteiger partial charge in [-0.05, 0) is 25.3 Å². The number of nitrogens with zero attached hydrogens (tertiary/aromatic N) is 4. The van der Waals surface area contributed by atoms with Gasteiger partial charge in [-0.15, -0.1) is 0 Å². The van der Waals surface area contributed by atoms with Crippen molar-refractivity contribution in [2.75, 3.05) is 44.2 Å². The summed E-state index contributed by atoms with van der Waals surface area (Å²) in [4.78, 5) is 41.0. The molecular weight excluding hydrogens is 336 g/mol. The van der Waals surface area contributed by atoms with E-state index >= 15 is 0 Å². The molecule has 2 heterocycles. The monoisotopic (exact) mass is 360 g/mol. The number of carbonyl (C=O) groups is 2. The summed E-state index contributed by atoms with van der Waals surface area (Å²) >= 11 is 0. The van der Waals surface area contributed by atoms with Crippen LogP contribution in [0, 0.1) is 10.1 Å². The van der Waals surface area contributed by atoms with Gasteiger partial charge in [0.25, 0.3) is 11.6 Å². The molecule has 0 unspecified atom stereocenters. The number of non-ortho nitro benzene ring substituents is 1. The largest absolute Gasteiger partial charge is 0.371 e. The highest BCUT2D eigenvalue weighted by molar-refractivity contribution is 6.00. The van der Waals surface area contributed by atoms with Crippen molar-refractivity contribution in [3.05, 3.63) is 33.9 Å². The summed E-state index contributed by atoms with van der Waals surface area (Å²) < 4.78 is 0. The summed E-state index contributed by atoms with van der Waals surface area (Å²) in [6.45, 7) is 5.36. The van der Waals surface area contributed by atoms with Gasteiger partial charge in [0.1, 0.15) is 0 Å². The zero-order valence-electron chi connectivity index (χ0n) is 15.0. The van der Waals surface area contributed by atoms with Crippen LogP contribution in [0.4, 0.5) is 11.4 Å². The third kappa shape index (κ3) is 3.79. The normalized spacial score (nSPS) is 18.0. The maximum absolute atomic E-state index is 13.2. The molecule has 8 heteroatoms. The molecule has 3 rings (SSSR count). The molecule has 2 aliphatic rings. The highest BCUT2D eigenvalue weighted by Crippen LogP contribution is 2.29. The van der Waals surface area contributed by atoms with Crippen LogP contribution in [0.25, 0.3) is 0 Å². The molecule has 1 aromatic carbocycles. The maximum atomic E-state index is 13.2. The molecule has 0 saturated carbocycles. The minimum Gasteiger partial charge on any atom is -0.371 e. The first-order valence-corrected chi connectivity index (χ1v) is 9.05. The van der Waals surface area contributed by atoms with Crippen molar-refractivity contribution in [2.24, 2.45) is 0 Å². The molecule has 2 fully saturated rings. The van der Waals surface area contributed by atoms with Crippen molar-refractivity contribution in [3.8, 4) is 0 Å². The topological polar surface area (TPSA) is 87.0 Å². The number of anilines is 1. The maximum Gasteiger partial charge on any atom is 0.270 e. The minimum atomic E-state index is -0.468. The lowest BCUT2D eigenvalue weighted by Gasteiger charge is -2.25. The highest BCUT2D eigenvalue weighted by atomic mass is 16.6. The van der Waals surface area contributed by atoms with Gasteiger partial charge < -0.3 is 14.7 Å². The number of hydrogen-bond acceptors (Lipinski definition) is 5. The van der Waals surface area contributed by atoms with Crippen molar-refractivity contribution in [1.29, 1.82) is 0 Å². The van der Waals surface area contributed by atoms with E-state index in [9.17, 15) is 19.7 Å². The van der Waals surface area contributed by atoms with Crippen molar-refractivity contribution in [1.82, 2.24) is 9.80 Å². The highest BCUT2D eigenvalue weighted by Gasteiger charge is 2.27. The Morgan fingerprint density at radius 1 is 0.962 bits per heavy atom. The van der Waals surface area contributed by atoms with Gasteiger partial charge in [0.15, 0.2) is 0 Å². The number of benzene rings is 1. The molecule has 2 aliphatic heterocycles. The summed E-state index contributed by atoms with van der Waals surface area (Å²) in [5.41, 5.74) is 1.08. The summed E-state index contributed by atoms with van der Waals surface area (Å²) in [6, 6.07) is 4.55. The lowest BCUT2D eigenvalue weighted by atomic mass is 10.1. The second-order valence-corrected chi connectivity index (χ2v) is 6.80. The van der Waals surface area contributed by atoms with Crippen molar-refractivity contribution in [2.45, 2.75) is 26.2 Å². The lowest BCUT2D eigenvalue weighted by molar-refractivity contribution is -0.384. The van der Waals surface area contributed by atoms with Crippen LogP contribution >= 0.6 is 0 Å². The van der Waals surface area contributed by atoms with Gasteiger partial charge in [0, 0.05) is 58.3 Å². The fraction of sp³-hybridized carbons (Fsp3) is 0.556. The number of nitro benzene ring substituents is 1. The van der Waals surface area contributed by atoms with Gasteiger partial charge in [-0.3, -0.25) is 19.7 Å². The summed E-state index contributed by atoms with van der Waals surface area (Å²) in [7, 11) is 0. The minimum absolute atomic E-state index is 0.00686. The molecule has 140 valence electrons. The van der Waals surface area contributed by atoms with Gasteiger partial charge >= 0.3 is 0 Å². The SMILES string of the molecule is CC(=O)N1CCCN(C(=O)c2cc([N+](=O)[O-])ccc2N2CCCC2)CC1. The van der Waals surface area contributed by atoms with Gasteiger partial charge in [0.05, 0.1) is 16.2 Å². The van der Waals surface area contributed by atoms with E-state index < -0.39 is 4.92 Å². The van der Waals surface area contributed by atoms with Crippen LogP contribution in [0.2, 0.25) is 0 Å². The van der Waals surface area contributed by atoms with Crippen molar-refractivity contribution >= 4 is 23.2 Å². The molecule has 26 heavy (non-hydrogen) atoms. The number of hydrogen-bond donors (Lipinski definition) is 0. The molecule has 0 aromatic heterocycles. The predicted octanol–water partition coefficient (Wildman–Crippen LogP) is 1.89. The van der Waals surface area contributed by atoms with E-state index in [0.29, 0.717) is 38.2 Å². The molecule has 0 radical (unpaired) electrons. The van der Waals surface area contributed by atoms with Gasteiger partial charge in [-0.2, -0.15) is 0 Å². The molecule has 0 aliphatic carbocycles. The van der Waals surface area contributed by atoms with E-state index in [2.05, 4.69) is 4.90 Å². The molecule has 8 nitrogen and oxygen atoms in total. The molecule has 0 atom stereocenters. The number of nitro groups is 1. The van der Waals surface area contributed by atoms with E-state index in [1.165, 1.54) is 19.1 Å². The average Bonchev–Trinajstić information content (AvgIpc) is 3.04. The Hall–Kier alpha value is -2.64. The van der Waals surface area contributed by atoms with Gasteiger partial charge in [0.2, 0.25) is 5.91 Å². The first-order chi connectivity index (χ1) is 12.5. The van der Waals surface area contributed by atoms with Gasteiger partial charge in [-0.25, -0.2) is 0 Å². The molecule has 1 aromatic rings. The first kappa shape index (κ1) is 18.2. The summed E-state index contributed by atoms with van der Waals surface area (Å²) in [5.74, 6) is -0.187. The molecule has 0 bridgehead atoms.